The molecule has 1 N–H and O–H groups in total. The largest absolute Gasteiger partial charge is 0.486 e. The highest BCUT2D eigenvalue weighted by Gasteiger charge is 2.28. The van der Waals surface area contributed by atoms with E-state index in [1.54, 1.807) is 23.6 Å². The molecule has 8 heteroatoms. The number of Topliss-reactive ketones (excluding diaryl/α,β-unsaturated/α-hetero) is 1. The third kappa shape index (κ3) is 2.94. The molecule has 1 aliphatic rings. The highest BCUT2D eigenvalue weighted by molar-refractivity contribution is 7.13. The SMILES string of the molecule is CNC(=O)[C@H](C#N)C(=O)c1csc(-c2ccc3c(c2)OCCO3)n1. The van der Waals surface area contributed by atoms with E-state index in [2.05, 4.69) is 10.3 Å². The van der Waals surface area contributed by atoms with Crippen LogP contribution in [0.1, 0.15) is 10.5 Å². The molecule has 0 bridgehead atoms. The average Bonchev–Trinajstić information content (AvgIpc) is 3.11. The van der Waals surface area contributed by atoms with Gasteiger partial charge in [-0.2, -0.15) is 5.26 Å². The zero-order valence-corrected chi connectivity index (χ0v) is 13.6. The molecular weight excluding hydrogens is 330 g/mol. The van der Waals surface area contributed by atoms with Gasteiger partial charge in [-0.05, 0) is 18.2 Å². The van der Waals surface area contributed by atoms with Gasteiger partial charge in [-0.25, -0.2) is 4.98 Å². The summed E-state index contributed by atoms with van der Waals surface area (Å²) in [7, 11) is 1.38. The Morgan fingerprint density at radius 3 is 2.79 bits per heavy atom. The molecule has 0 saturated heterocycles. The third-order valence-electron chi connectivity index (χ3n) is 3.45. The zero-order chi connectivity index (χ0) is 17.1. The minimum absolute atomic E-state index is 0.0973. The lowest BCUT2D eigenvalue weighted by molar-refractivity contribution is -0.121. The van der Waals surface area contributed by atoms with E-state index in [0.29, 0.717) is 29.7 Å². The molecule has 0 spiro atoms. The van der Waals surface area contributed by atoms with Gasteiger partial charge in [0, 0.05) is 18.0 Å². The first-order valence-corrected chi connectivity index (χ1v) is 8.03. The van der Waals surface area contributed by atoms with Gasteiger partial charge < -0.3 is 14.8 Å². The first kappa shape index (κ1) is 16.0. The Kier molecular flexibility index (Phi) is 4.44. The molecule has 24 heavy (non-hydrogen) atoms. The van der Waals surface area contributed by atoms with Crippen molar-refractivity contribution in [2.45, 2.75) is 0 Å². The minimum atomic E-state index is -1.40. The number of thiazole rings is 1. The first-order chi connectivity index (χ1) is 11.6. The molecule has 7 nitrogen and oxygen atoms in total. The van der Waals surface area contributed by atoms with E-state index in [9.17, 15) is 9.59 Å². The number of carbonyl (C=O) groups is 2. The molecule has 1 aliphatic heterocycles. The fourth-order valence-electron chi connectivity index (χ4n) is 2.22. The number of fused-ring (bicyclic) bond motifs is 1. The smallest absolute Gasteiger partial charge is 0.245 e. The number of ketones is 1. The molecule has 1 aromatic heterocycles. The molecule has 1 atom stereocenters. The van der Waals surface area contributed by atoms with Gasteiger partial charge in [0.05, 0.1) is 6.07 Å². The summed E-state index contributed by atoms with van der Waals surface area (Å²) < 4.78 is 11.0. The molecule has 0 unspecified atom stereocenters. The Morgan fingerprint density at radius 2 is 2.08 bits per heavy atom. The first-order valence-electron chi connectivity index (χ1n) is 7.15. The van der Waals surface area contributed by atoms with Crippen LogP contribution < -0.4 is 14.8 Å². The maximum Gasteiger partial charge on any atom is 0.245 e. The summed E-state index contributed by atoms with van der Waals surface area (Å²) in [5.41, 5.74) is 0.872. The van der Waals surface area contributed by atoms with Crippen LogP contribution >= 0.6 is 11.3 Å². The number of benzene rings is 1. The van der Waals surface area contributed by atoms with Gasteiger partial charge in [0.1, 0.15) is 23.9 Å². The van der Waals surface area contributed by atoms with Crippen molar-refractivity contribution < 1.29 is 19.1 Å². The number of amides is 1. The zero-order valence-electron chi connectivity index (χ0n) is 12.7. The van der Waals surface area contributed by atoms with Crippen LogP contribution in [-0.4, -0.2) is 36.9 Å². The number of ether oxygens (including phenoxy) is 2. The Morgan fingerprint density at radius 1 is 1.33 bits per heavy atom. The molecule has 2 heterocycles. The van der Waals surface area contributed by atoms with Crippen molar-refractivity contribution in [1.29, 1.82) is 5.26 Å². The predicted octanol–water partition coefficient (Wildman–Crippen LogP) is 1.65. The molecule has 1 aromatic carbocycles. The van der Waals surface area contributed by atoms with Crippen LogP contribution in [0.2, 0.25) is 0 Å². The summed E-state index contributed by atoms with van der Waals surface area (Å²) in [6.07, 6.45) is 0. The van der Waals surface area contributed by atoms with Crippen molar-refractivity contribution in [3.05, 3.63) is 29.3 Å². The van der Waals surface area contributed by atoms with E-state index < -0.39 is 17.6 Å². The summed E-state index contributed by atoms with van der Waals surface area (Å²) >= 11 is 1.26. The second-order valence-electron chi connectivity index (χ2n) is 4.94. The Labute approximate surface area is 141 Å². The number of nitriles is 1. The number of hydrogen-bond acceptors (Lipinski definition) is 7. The Balaban J connectivity index is 1.87. The highest BCUT2D eigenvalue weighted by atomic mass is 32.1. The van der Waals surface area contributed by atoms with Crippen molar-refractivity contribution >= 4 is 23.0 Å². The van der Waals surface area contributed by atoms with E-state index in [4.69, 9.17) is 14.7 Å². The number of hydrogen-bond donors (Lipinski definition) is 1. The van der Waals surface area contributed by atoms with Crippen molar-refractivity contribution in [2.24, 2.45) is 5.92 Å². The van der Waals surface area contributed by atoms with E-state index in [1.165, 1.54) is 18.4 Å². The molecule has 2 aromatic rings. The summed E-state index contributed by atoms with van der Waals surface area (Å²) in [6, 6.07) is 7.11. The normalized spacial score (nSPS) is 13.7. The fourth-order valence-corrected chi connectivity index (χ4v) is 3.03. The lowest BCUT2D eigenvalue weighted by atomic mass is 10.0. The number of nitrogens with zero attached hydrogens (tertiary/aromatic N) is 2. The second-order valence-corrected chi connectivity index (χ2v) is 5.80. The van der Waals surface area contributed by atoms with Crippen LogP contribution in [0.15, 0.2) is 23.6 Å². The Bertz CT molecular complexity index is 840. The number of aromatic nitrogens is 1. The summed E-state index contributed by atoms with van der Waals surface area (Å²) in [6.45, 7) is 0.991. The van der Waals surface area contributed by atoms with Crippen LogP contribution in [0.3, 0.4) is 0 Å². The Hall–Kier alpha value is -2.92. The van der Waals surface area contributed by atoms with Crippen molar-refractivity contribution in [2.75, 3.05) is 20.3 Å². The molecule has 122 valence electrons. The molecule has 3 rings (SSSR count). The second kappa shape index (κ2) is 6.68. The van der Waals surface area contributed by atoms with Crippen molar-refractivity contribution in [3.63, 3.8) is 0 Å². The average molecular weight is 343 g/mol. The summed E-state index contributed by atoms with van der Waals surface area (Å²) in [4.78, 5) is 28.1. The quantitative estimate of drug-likeness (QED) is 0.669. The highest BCUT2D eigenvalue weighted by Crippen LogP contribution is 2.35. The van der Waals surface area contributed by atoms with Gasteiger partial charge in [0.25, 0.3) is 0 Å². The number of carbonyl (C=O) groups excluding carboxylic acids is 2. The molecule has 0 aliphatic carbocycles. The van der Waals surface area contributed by atoms with Gasteiger partial charge in [0.2, 0.25) is 11.7 Å². The van der Waals surface area contributed by atoms with Crippen LogP contribution in [0, 0.1) is 17.2 Å². The molecule has 0 fully saturated rings. The van der Waals surface area contributed by atoms with Gasteiger partial charge in [-0.3, -0.25) is 9.59 Å². The summed E-state index contributed by atoms with van der Waals surface area (Å²) in [5, 5.41) is 13.5. The lowest BCUT2D eigenvalue weighted by Crippen LogP contribution is -2.32. The van der Waals surface area contributed by atoms with Gasteiger partial charge in [-0.15, -0.1) is 11.3 Å². The van der Waals surface area contributed by atoms with Crippen LogP contribution in [0.25, 0.3) is 10.6 Å². The van der Waals surface area contributed by atoms with Crippen LogP contribution in [-0.2, 0) is 4.79 Å². The third-order valence-corrected chi connectivity index (χ3v) is 4.34. The molecular formula is C16H13N3O4S. The van der Waals surface area contributed by atoms with Crippen molar-refractivity contribution in [1.82, 2.24) is 10.3 Å². The monoisotopic (exact) mass is 343 g/mol. The number of rotatable bonds is 4. The van der Waals surface area contributed by atoms with E-state index in [1.807, 2.05) is 6.07 Å². The molecule has 0 radical (unpaired) electrons. The molecule has 0 saturated carbocycles. The van der Waals surface area contributed by atoms with E-state index in [-0.39, 0.29) is 5.69 Å². The maximum absolute atomic E-state index is 12.3. The fraction of sp³-hybridized carbons (Fsp3) is 0.250. The van der Waals surface area contributed by atoms with Gasteiger partial charge >= 0.3 is 0 Å². The predicted molar refractivity (Wildman–Crippen MR) is 86.0 cm³/mol. The maximum atomic E-state index is 12.3. The van der Waals surface area contributed by atoms with Crippen molar-refractivity contribution in [3.8, 4) is 28.1 Å². The van der Waals surface area contributed by atoms with Gasteiger partial charge in [0.15, 0.2) is 17.4 Å². The topological polar surface area (TPSA) is 101 Å². The van der Waals surface area contributed by atoms with E-state index >= 15 is 0 Å². The standard InChI is InChI=1S/C16H13N3O4S/c1-18-15(21)10(7-17)14(20)11-8-24-16(19-11)9-2-3-12-13(6-9)23-5-4-22-12/h2-3,6,8,10H,4-5H2,1H3,(H,18,21)/t10-/m1/s1. The lowest BCUT2D eigenvalue weighted by Gasteiger charge is -2.18. The molecule has 1 amide bonds. The van der Waals surface area contributed by atoms with Gasteiger partial charge in [-0.1, -0.05) is 0 Å². The van der Waals surface area contributed by atoms with Crippen LogP contribution in [0.5, 0.6) is 11.5 Å². The van der Waals surface area contributed by atoms with E-state index in [0.717, 1.165) is 5.56 Å². The number of nitrogens with one attached hydrogen (secondary N) is 1. The minimum Gasteiger partial charge on any atom is -0.486 e. The summed E-state index contributed by atoms with van der Waals surface area (Å²) in [5.74, 6) is -1.36. The van der Waals surface area contributed by atoms with Crippen LogP contribution in [0.4, 0.5) is 0 Å².